The molecule has 8 heterocycles. The van der Waals surface area contributed by atoms with E-state index in [-0.39, 0.29) is 45.8 Å². The van der Waals surface area contributed by atoms with E-state index in [1.165, 1.54) is 28.4 Å². The molecule has 262 valence electrons. The van der Waals surface area contributed by atoms with Gasteiger partial charge in [-0.1, -0.05) is 17.7 Å². The van der Waals surface area contributed by atoms with E-state index in [1.807, 2.05) is 25.3 Å². The number of hydrogen-bond donors (Lipinski definition) is 1. The molecule has 52 heavy (non-hydrogen) atoms. The SMILES string of the molecule is Cc1ccc(S(=O)(=O)n2c(-c3cnn(C4COC4)c3)cc3c(-c4ccc(N5CC6CC(C5)N6Cc5cc(F)ccc5O)nc4)c(C#N)cnc32)cc1. The zero-order valence-corrected chi connectivity index (χ0v) is 28.9. The molecule has 12 nitrogen and oxygen atoms in total. The smallest absolute Gasteiger partial charge is 0.269 e. The van der Waals surface area contributed by atoms with E-state index in [0.29, 0.717) is 53.1 Å². The van der Waals surface area contributed by atoms with Crippen LogP contribution in [-0.2, 0) is 21.3 Å². The molecule has 2 atom stereocenters. The van der Waals surface area contributed by atoms with Gasteiger partial charge in [-0.05, 0) is 61.9 Å². The van der Waals surface area contributed by atoms with Crippen LogP contribution in [0.5, 0.6) is 5.75 Å². The van der Waals surface area contributed by atoms with Crippen LogP contribution in [0.3, 0.4) is 0 Å². The maximum Gasteiger partial charge on any atom is 0.269 e. The highest BCUT2D eigenvalue weighted by Gasteiger charge is 2.45. The summed E-state index contributed by atoms with van der Waals surface area (Å²) in [6.07, 6.45) is 7.60. The van der Waals surface area contributed by atoms with Crippen molar-refractivity contribution in [2.75, 3.05) is 31.2 Å². The van der Waals surface area contributed by atoms with E-state index in [1.54, 1.807) is 47.4 Å². The van der Waals surface area contributed by atoms with Crippen molar-refractivity contribution in [3.05, 3.63) is 108 Å². The molecule has 4 fully saturated rings. The summed E-state index contributed by atoms with van der Waals surface area (Å²) >= 11 is 0. The van der Waals surface area contributed by atoms with Gasteiger partial charge in [0.05, 0.1) is 41.6 Å². The zero-order chi connectivity index (χ0) is 35.7. The number of nitriles is 1. The van der Waals surface area contributed by atoms with Crippen LogP contribution < -0.4 is 4.90 Å². The number of benzene rings is 2. The number of piperidine rings is 1. The van der Waals surface area contributed by atoms with Gasteiger partial charge in [0.1, 0.15) is 23.5 Å². The molecule has 14 heteroatoms. The number of hydrogen-bond acceptors (Lipinski definition) is 10. The quantitative estimate of drug-likeness (QED) is 0.222. The molecule has 0 radical (unpaired) electrons. The Morgan fingerprint density at radius 3 is 2.44 bits per heavy atom. The monoisotopic (exact) mass is 716 g/mol. The van der Waals surface area contributed by atoms with Gasteiger partial charge in [-0.2, -0.15) is 10.4 Å². The fourth-order valence-corrected chi connectivity index (χ4v) is 9.04. The van der Waals surface area contributed by atoms with Crippen LogP contribution in [0.4, 0.5) is 10.2 Å². The Bertz CT molecular complexity index is 2490. The van der Waals surface area contributed by atoms with Crippen LogP contribution in [0, 0.1) is 24.1 Å². The van der Waals surface area contributed by atoms with Gasteiger partial charge >= 0.3 is 0 Å². The van der Waals surface area contributed by atoms with E-state index in [0.717, 1.165) is 30.9 Å². The number of aryl methyl sites for hydroxylation is 1. The van der Waals surface area contributed by atoms with E-state index < -0.39 is 10.0 Å². The predicted octanol–water partition coefficient (Wildman–Crippen LogP) is 5.26. The highest BCUT2D eigenvalue weighted by Crippen LogP contribution is 2.40. The Morgan fingerprint density at radius 1 is 0.962 bits per heavy atom. The number of aromatic hydroxyl groups is 1. The Labute approximate surface area is 299 Å². The zero-order valence-electron chi connectivity index (χ0n) is 28.1. The number of phenolic OH excluding ortho intramolecular Hbond substituents is 1. The van der Waals surface area contributed by atoms with Crippen LogP contribution in [0.15, 0.2) is 90.3 Å². The summed E-state index contributed by atoms with van der Waals surface area (Å²) in [6.45, 7) is 4.89. The molecule has 4 aromatic heterocycles. The molecule has 2 bridgehead atoms. The average Bonchev–Trinajstić information content (AvgIpc) is 3.77. The second-order valence-corrected chi connectivity index (χ2v) is 15.5. The van der Waals surface area contributed by atoms with Gasteiger partial charge < -0.3 is 14.7 Å². The molecule has 4 aliphatic heterocycles. The number of ether oxygens (including phenoxy) is 1. The first-order valence-electron chi connectivity index (χ1n) is 17.0. The Morgan fingerprint density at radius 2 is 1.75 bits per heavy atom. The molecule has 0 amide bonds. The van der Waals surface area contributed by atoms with E-state index >= 15 is 0 Å². The van der Waals surface area contributed by atoms with Crippen molar-refractivity contribution < 1.29 is 22.7 Å². The molecule has 4 saturated heterocycles. The molecule has 0 spiro atoms. The highest BCUT2D eigenvalue weighted by molar-refractivity contribution is 7.90. The van der Waals surface area contributed by atoms with Crippen LogP contribution in [-0.4, -0.2) is 80.5 Å². The van der Waals surface area contributed by atoms with E-state index in [2.05, 4.69) is 26.0 Å². The minimum atomic E-state index is -4.14. The number of nitrogens with zero attached hydrogens (tertiary/aromatic N) is 8. The third-order valence-corrected chi connectivity index (χ3v) is 12.2. The van der Waals surface area contributed by atoms with Crippen molar-refractivity contribution in [1.82, 2.24) is 28.6 Å². The van der Waals surface area contributed by atoms with Gasteiger partial charge in [0.25, 0.3) is 10.0 Å². The number of rotatable bonds is 8. The largest absolute Gasteiger partial charge is 0.508 e. The van der Waals surface area contributed by atoms with Crippen LogP contribution in [0.1, 0.15) is 29.2 Å². The lowest BCUT2D eigenvalue weighted by Gasteiger charge is -2.56. The van der Waals surface area contributed by atoms with Crippen molar-refractivity contribution in [2.45, 2.75) is 42.9 Å². The highest BCUT2D eigenvalue weighted by atomic mass is 32.2. The Balaban J connectivity index is 1.07. The van der Waals surface area contributed by atoms with E-state index in [4.69, 9.17) is 9.72 Å². The minimum absolute atomic E-state index is 0.0689. The first kappa shape index (κ1) is 32.3. The van der Waals surface area contributed by atoms with Gasteiger partial charge in [0, 0.05) is 77.9 Å². The number of fused-ring (bicyclic) bond motifs is 3. The Hall–Kier alpha value is -5.62. The standard InChI is InChI=1S/C38H33FN8O4S/c1-23-2-6-32(7-3-23)52(49,50)47-34(27-16-43-46(18-27)31-21-51-22-31)12-33-37(26(13-40)15-42-38(33)47)24-4-9-36(41-14-24)44-19-29-11-30(20-44)45(29)17-25-10-28(39)5-8-35(25)48/h2-10,12,14-16,18,29-31,48H,11,17,19-22H2,1H3. The molecule has 2 aromatic carbocycles. The van der Waals surface area contributed by atoms with Crippen molar-refractivity contribution >= 4 is 26.9 Å². The number of halogens is 1. The van der Waals surface area contributed by atoms with Gasteiger partial charge in [0.15, 0.2) is 5.65 Å². The summed E-state index contributed by atoms with van der Waals surface area (Å²) in [5.74, 6) is 0.506. The third kappa shape index (κ3) is 5.31. The first-order chi connectivity index (χ1) is 25.2. The summed E-state index contributed by atoms with van der Waals surface area (Å²) in [6, 6.07) is 19.1. The first-order valence-corrected chi connectivity index (χ1v) is 18.5. The van der Waals surface area contributed by atoms with Gasteiger partial charge in [-0.15, -0.1) is 0 Å². The summed E-state index contributed by atoms with van der Waals surface area (Å²) in [5, 5.41) is 25.5. The fraction of sp³-hybridized carbons (Fsp3) is 0.263. The van der Waals surface area contributed by atoms with Gasteiger partial charge in [-0.3, -0.25) is 9.58 Å². The molecular weight excluding hydrogens is 684 g/mol. The second-order valence-electron chi connectivity index (χ2n) is 13.7. The van der Waals surface area contributed by atoms with Crippen LogP contribution in [0.25, 0.3) is 33.4 Å². The van der Waals surface area contributed by atoms with Crippen LogP contribution in [0.2, 0.25) is 0 Å². The number of anilines is 1. The summed E-state index contributed by atoms with van der Waals surface area (Å²) in [5.41, 5.74) is 4.13. The molecular formula is C38H33FN8O4S. The number of aromatic nitrogens is 5. The summed E-state index contributed by atoms with van der Waals surface area (Å²) in [7, 11) is -4.14. The summed E-state index contributed by atoms with van der Waals surface area (Å²) < 4.78 is 51.0. The normalized spacial score (nSPS) is 19.0. The molecule has 1 N–H and O–H groups in total. The average molecular weight is 717 g/mol. The van der Waals surface area contributed by atoms with Gasteiger partial charge in [-0.25, -0.2) is 26.7 Å². The lowest BCUT2D eigenvalue weighted by atomic mass is 9.86. The predicted molar refractivity (Wildman–Crippen MR) is 191 cm³/mol. The second kappa shape index (κ2) is 12.3. The minimum Gasteiger partial charge on any atom is -0.508 e. The molecule has 6 aromatic rings. The molecule has 2 unspecified atom stereocenters. The lowest BCUT2D eigenvalue weighted by molar-refractivity contribution is -0.0286. The van der Waals surface area contributed by atoms with Crippen molar-refractivity contribution in [3.8, 4) is 34.2 Å². The van der Waals surface area contributed by atoms with E-state index in [9.17, 15) is 23.2 Å². The fourth-order valence-electron chi connectivity index (χ4n) is 7.56. The van der Waals surface area contributed by atoms with Crippen LogP contribution >= 0.6 is 0 Å². The van der Waals surface area contributed by atoms with Gasteiger partial charge in [0.2, 0.25) is 0 Å². The van der Waals surface area contributed by atoms with Crippen molar-refractivity contribution in [2.24, 2.45) is 0 Å². The number of pyridine rings is 2. The molecule has 10 rings (SSSR count). The maximum absolute atomic E-state index is 14.4. The maximum atomic E-state index is 14.4. The number of piperazine rings is 1. The molecule has 0 saturated carbocycles. The summed E-state index contributed by atoms with van der Waals surface area (Å²) in [4.78, 5) is 14.0. The molecule has 4 aliphatic rings. The lowest BCUT2D eigenvalue weighted by Crippen LogP contribution is -2.68. The third-order valence-electron chi connectivity index (χ3n) is 10.5. The Kier molecular flexibility index (Phi) is 7.62. The number of phenols is 1. The van der Waals surface area contributed by atoms with Crippen molar-refractivity contribution in [3.63, 3.8) is 0 Å². The van der Waals surface area contributed by atoms with Crippen molar-refractivity contribution in [1.29, 1.82) is 5.26 Å². The topological polar surface area (TPSA) is 142 Å². The molecule has 0 aliphatic carbocycles.